The molecule has 31 heavy (non-hydrogen) atoms. The second kappa shape index (κ2) is 8.00. The molecule has 5 heteroatoms. The van der Waals surface area contributed by atoms with Crippen molar-refractivity contribution in [2.24, 2.45) is 0 Å². The number of hydrogen-bond acceptors (Lipinski definition) is 2. The minimum absolute atomic E-state index is 0.879. The normalized spacial score (nSPS) is 11.7. The van der Waals surface area contributed by atoms with Crippen LogP contribution in [0.2, 0.25) is 0 Å². The zero-order chi connectivity index (χ0) is 21.4. The molecular formula is C26H28N4O. The fourth-order valence-corrected chi connectivity index (χ4v) is 4.46. The van der Waals surface area contributed by atoms with Crippen molar-refractivity contribution in [3.8, 4) is 28.0 Å². The predicted molar refractivity (Wildman–Crippen MR) is 129 cm³/mol. The molecule has 0 spiro atoms. The quantitative estimate of drug-likeness (QED) is 0.358. The van der Waals surface area contributed by atoms with Crippen molar-refractivity contribution >= 4 is 21.8 Å². The van der Waals surface area contributed by atoms with E-state index in [1.807, 2.05) is 6.07 Å². The number of methoxy groups -OCH3 is 1. The van der Waals surface area contributed by atoms with E-state index in [0.29, 0.717) is 0 Å². The molecule has 5 nitrogen and oxygen atoms in total. The van der Waals surface area contributed by atoms with Crippen molar-refractivity contribution in [2.45, 2.75) is 13.0 Å². The molecule has 158 valence electrons. The maximum atomic E-state index is 5.55. The van der Waals surface area contributed by atoms with Gasteiger partial charge in [-0.05, 0) is 51.3 Å². The summed E-state index contributed by atoms with van der Waals surface area (Å²) in [5, 5.41) is 2.44. The van der Waals surface area contributed by atoms with Gasteiger partial charge in [0.25, 0.3) is 0 Å². The van der Waals surface area contributed by atoms with E-state index in [2.05, 4.69) is 94.7 Å². The number of aromatic nitrogens is 3. The summed E-state index contributed by atoms with van der Waals surface area (Å²) in [5.41, 5.74) is 7.23. The number of benzene rings is 2. The summed E-state index contributed by atoms with van der Waals surface area (Å²) in [4.78, 5) is 8.99. The molecule has 0 aliphatic carbocycles. The highest BCUT2D eigenvalue weighted by molar-refractivity contribution is 6.04. The van der Waals surface area contributed by atoms with Gasteiger partial charge in [0.05, 0.1) is 7.11 Å². The summed E-state index contributed by atoms with van der Waals surface area (Å²) in [5.74, 6) is 0.879. The highest BCUT2D eigenvalue weighted by Gasteiger charge is 2.18. The second-order valence-corrected chi connectivity index (χ2v) is 8.31. The molecule has 2 N–H and O–H groups in total. The van der Waals surface area contributed by atoms with E-state index >= 15 is 0 Å². The lowest BCUT2D eigenvalue weighted by Gasteiger charge is -2.10. The Hall–Kier alpha value is -3.44. The predicted octanol–water partition coefficient (Wildman–Crippen LogP) is 5.75. The fourth-order valence-electron chi connectivity index (χ4n) is 4.46. The first kappa shape index (κ1) is 19.5. The summed E-state index contributed by atoms with van der Waals surface area (Å²) >= 11 is 0. The highest BCUT2D eigenvalue weighted by atomic mass is 16.5. The summed E-state index contributed by atoms with van der Waals surface area (Å²) < 4.78 is 7.92. The number of fused-ring (bicyclic) bond motifs is 2. The first-order valence-electron chi connectivity index (χ1n) is 10.7. The van der Waals surface area contributed by atoms with Crippen LogP contribution in [0, 0.1) is 0 Å². The minimum atomic E-state index is 0.879. The van der Waals surface area contributed by atoms with Gasteiger partial charge < -0.3 is 24.2 Å². The topological polar surface area (TPSA) is 49.0 Å². The molecule has 5 rings (SSSR count). The van der Waals surface area contributed by atoms with Crippen LogP contribution in [-0.4, -0.2) is 47.2 Å². The van der Waals surface area contributed by atoms with Crippen LogP contribution < -0.4 is 4.74 Å². The molecule has 0 atom stereocenters. The maximum absolute atomic E-state index is 5.55. The van der Waals surface area contributed by atoms with Gasteiger partial charge in [0.2, 0.25) is 0 Å². The van der Waals surface area contributed by atoms with E-state index in [-0.39, 0.29) is 0 Å². The van der Waals surface area contributed by atoms with Gasteiger partial charge in [-0.2, -0.15) is 0 Å². The van der Waals surface area contributed by atoms with Crippen LogP contribution >= 0.6 is 0 Å². The Labute approximate surface area is 182 Å². The van der Waals surface area contributed by atoms with E-state index in [1.165, 1.54) is 38.5 Å². The Morgan fingerprint density at radius 1 is 0.903 bits per heavy atom. The van der Waals surface area contributed by atoms with Gasteiger partial charge in [0.15, 0.2) is 0 Å². The summed E-state index contributed by atoms with van der Waals surface area (Å²) in [7, 11) is 5.97. The Bertz CT molecular complexity index is 1340. The van der Waals surface area contributed by atoms with Gasteiger partial charge in [-0.3, -0.25) is 0 Å². The smallest absolute Gasteiger partial charge is 0.119 e. The van der Waals surface area contributed by atoms with Crippen LogP contribution in [0.1, 0.15) is 6.42 Å². The second-order valence-electron chi connectivity index (χ2n) is 8.31. The van der Waals surface area contributed by atoms with Crippen molar-refractivity contribution in [1.29, 1.82) is 0 Å². The van der Waals surface area contributed by atoms with Crippen LogP contribution in [0.15, 0.2) is 67.3 Å². The number of hydrogen-bond donors (Lipinski definition) is 2. The van der Waals surface area contributed by atoms with Gasteiger partial charge in [-0.1, -0.05) is 18.2 Å². The first-order valence-corrected chi connectivity index (χ1v) is 10.7. The van der Waals surface area contributed by atoms with E-state index in [4.69, 9.17) is 4.74 Å². The summed E-state index contributed by atoms with van der Waals surface area (Å²) in [6.07, 6.45) is 9.70. The molecular weight excluding hydrogens is 384 g/mol. The standard InChI is InChI=1S/C26H28N4O/c1-29(2)11-6-12-30-17-24(20-13-18(31-3)9-10-26(20)30)22-15-27-14-21(22)23-16-28-25-8-5-4-7-19(23)25/h4-5,7-10,13-17,27-28H,6,11-12H2,1-3H3. The summed E-state index contributed by atoms with van der Waals surface area (Å²) in [6, 6.07) is 14.8. The number of aryl methyl sites for hydroxylation is 1. The molecule has 5 aromatic rings. The lowest BCUT2D eigenvalue weighted by atomic mass is 9.98. The number of nitrogens with one attached hydrogen (secondary N) is 2. The Balaban J connectivity index is 1.65. The zero-order valence-corrected chi connectivity index (χ0v) is 18.3. The minimum Gasteiger partial charge on any atom is -0.497 e. The molecule has 3 heterocycles. The van der Waals surface area contributed by atoms with Gasteiger partial charge in [-0.25, -0.2) is 0 Å². The van der Waals surface area contributed by atoms with Crippen LogP contribution in [-0.2, 0) is 6.54 Å². The van der Waals surface area contributed by atoms with Crippen molar-refractivity contribution in [1.82, 2.24) is 19.4 Å². The number of para-hydroxylation sites is 1. The van der Waals surface area contributed by atoms with Crippen molar-refractivity contribution in [3.05, 3.63) is 67.3 Å². The molecule has 3 aromatic heterocycles. The number of H-pyrrole nitrogens is 2. The van der Waals surface area contributed by atoms with Crippen molar-refractivity contribution < 1.29 is 4.74 Å². The third-order valence-corrected chi connectivity index (χ3v) is 6.01. The molecule has 0 bridgehead atoms. The van der Waals surface area contributed by atoms with E-state index in [0.717, 1.165) is 30.8 Å². The summed E-state index contributed by atoms with van der Waals surface area (Å²) in [6.45, 7) is 2.05. The zero-order valence-electron chi connectivity index (χ0n) is 18.3. The maximum Gasteiger partial charge on any atom is 0.119 e. The Kier molecular flexibility index (Phi) is 5.04. The van der Waals surface area contributed by atoms with E-state index < -0.39 is 0 Å². The largest absolute Gasteiger partial charge is 0.497 e. The average molecular weight is 413 g/mol. The average Bonchev–Trinajstić information content (AvgIpc) is 3.49. The van der Waals surface area contributed by atoms with Gasteiger partial charge in [0.1, 0.15) is 5.75 Å². The molecule has 0 aliphatic heterocycles. The number of aromatic amines is 2. The lowest BCUT2D eigenvalue weighted by molar-refractivity contribution is 0.388. The van der Waals surface area contributed by atoms with Gasteiger partial charge in [0, 0.05) is 75.4 Å². The van der Waals surface area contributed by atoms with Crippen LogP contribution in [0.3, 0.4) is 0 Å². The fraction of sp³-hybridized carbons (Fsp3) is 0.231. The molecule has 0 saturated heterocycles. The number of ether oxygens (including phenoxy) is 1. The van der Waals surface area contributed by atoms with E-state index in [1.54, 1.807) is 7.11 Å². The molecule has 0 amide bonds. The van der Waals surface area contributed by atoms with Crippen LogP contribution in [0.4, 0.5) is 0 Å². The lowest BCUT2D eigenvalue weighted by Crippen LogP contribution is -2.14. The molecule has 0 fully saturated rings. The molecule has 0 saturated carbocycles. The number of rotatable bonds is 7. The van der Waals surface area contributed by atoms with Gasteiger partial charge >= 0.3 is 0 Å². The third kappa shape index (κ3) is 3.51. The van der Waals surface area contributed by atoms with Crippen molar-refractivity contribution in [3.63, 3.8) is 0 Å². The molecule has 2 aromatic carbocycles. The highest BCUT2D eigenvalue weighted by Crippen LogP contribution is 2.40. The van der Waals surface area contributed by atoms with E-state index in [9.17, 15) is 0 Å². The first-order chi connectivity index (χ1) is 15.2. The van der Waals surface area contributed by atoms with Gasteiger partial charge in [-0.15, -0.1) is 0 Å². The Morgan fingerprint density at radius 3 is 2.52 bits per heavy atom. The van der Waals surface area contributed by atoms with Crippen molar-refractivity contribution in [2.75, 3.05) is 27.7 Å². The Morgan fingerprint density at radius 2 is 1.71 bits per heavy atom. The molecule has 0 aliphatic rings. The SMILES string of the molecule is COc1ccc2c(c1)c(-c1c[nH]cc1-c1c[nH]c3ccccc13)cn2CCCN(C)C. The monoisotopic (exact) mass is 412 g/mol. The molecule has 0 radical (unpaired) electrons. The number of nitrogens with zero attached hydrogens (tertiary/aromatic N) is 2. The van der Waals surface area contributed by atoms with Crippen LogP contribution in [0.25, 0.3) is 44.1 Å². The molecule has 0 unspecified atom stereocenters. The third-order valence-electron chi connectivity index (χ3n) is 6.01. The van der Waals surface area contributed by atoms with Crippen LogP contribution in [0.5, 0.6) is 5.75 Å².